The lowest BCUT2D eigenvalue weighted by atomic mass is 9.45. The van der Waals surface area contributed by atoms with Crippen molar-refractivity contribution in [3.8, 4) is 5.88 Å². The molecular weight excluding hydrogens is 215 g/mol. The van der Waals surface area contributed by atoms with Gasteiger partial charge in [0, 0.05) is 17.1 Å². The lowest BCUT2D eigenvalue weighted by Gasteiger charge is -2.29. The molecule has 0 aromatic carbocycles. The summed E-state index contributed by atoms with van der Waals surface area (Å²) in [6, 6.07) is 0. The highest BCUT2D eigenvalue weighted by molar-refractivity contribution is 6.69. The van der Waals surface area contributed by atoms with Gasteiger partial charge >= 0.3 is 6.92 Å². The summed E-state index contributed by atoms with van der Waals surface area (Å²) in [6.07, 6.45) is 7.31. The van der Waals surface area contributed by atoms with Crippen LogP contribution < -0.4 is 10.2 Å². The van der Waals surface area contributed by atoms with Crippen molar-refractivity contribution < 1.29 is 9.76 Å². The first-order valence-electron chi connectivity index (χ1n) is 6.38. The van der Waals surface area contributed by atoms with Crippen LogP contribution in [0.25, 0.3) is 0 Å². The Morgan fingerprint density at radius 3 is 2.59 bits per heavy atom. The van der Waals surface area contributed by atoms with Crippen LogP contribution in [0.2, 0.25) is 5.82 Å². The van der Waals surface area contributed by atoms with Gasteiger partial charge in [-0.25, -0.2) is 9.97 Å². The summed E-state index contributed by atoms with van der Waals surface area (Å²) in [7, 11) is 1.61. The van der Waals surface area contributed by atoms with Crippen LogP contribution in [0.1, 0.15) is 43.7 Å². The number of aromatic nitrogens is 2. The number of hydrogen-bond acceptors (Lipinski definition) is 4. The van der Waals surface area contributed by atoms with Gasteiger partial charge in [-0.15, -0.1) is 0 Å². The quantitative estimate of drug-likeness (QED) is 0.790. The monoisotopic (exact) mass is 232 g/mol. The van der Waals surface area contributed by atoms with Gasteiger partial charge in [-0.3, -0.25) is 0 Å². The summed E-state index contributed by atoms with van der Waals surface area (Å²) in [5, 5.41) is 10.4. The van der Waals surface area contributed by atoms with E-state index in [1.165, 1.54) is 19.3 Å². The van der Waals surface area contributed by atoms with Crippen molar-refractivity contribution >= 4 is 12.4 Å². The van der Waals surface area contributed by atoms with Gasteiger partial charge in [0.25, 0.3) is 0 Å². The molecule has 2 aliphatic carbocycles. The van der Waals surface area contributed by atoms with Gasteiger partial charge in [0.15, 0.2) is 0 Å². The standard InChI is InChI=1S/C12H17BN2O2/c1-17-12-10(13(16)9-3-2-4-9)11(8-5-6-8)14-7-15-12/h7-9,16H,2-6H2,1H3. The van der Waals surface area contributed by atoms with E-state index in [0.29, 0.717) is 17.6 Å². The summed E-state index contributed by atoms with van der Waals surface area (Å²) >= 11 is 0. The Balaban J connectivity index is 1.98. The van der Waals surface area contributed by atoms with Crippen molar-refractivity contribution in [3.63, 3.8) is 0 Å². The van der Waals surface area contributed by atoms with Gasteiger partial charge in [-0.1, -0.05) is 19.3 Å². The van der Waals surface area contributed by atoms with Crippen LogP contribution in [-0.2, 0) is 0 Å². The van der Waals surface area contributed by atoms with Gasteiger partial charge < -0.3 is 9.76 Å². The van der Waals surface area contributed by atoms with Crippen molar-refractivity contribution in [1.82, 2.24) is 9.97 Å². The maximum Gasteiger partial charge on any atom is 0.334 e. The SMILES string of the molecule is COc1ncnc(C2CC2)c1B(O)C1CCC1. The summed E-state index contributed by atoms with van der Waals surface area (Å²) in [6.45, 7) is -0.449. The normalized spacial score (nSPS) is 19.9. The fourth-order valence-electron chi connectivity index (χ4n) is 2.51. The fraction of sp³-hybridized carbons (Fsp3) is 0.667. The summed E-state index contributed by atoms with van der Waals surface area (Å²) in [4.78, 5) is 8.50. The highest BCUT2D eigenvalue weighted by Gasteiger charge is 2.39. The van der Waals surface area contributed by atoms with Crippen LogP contribution in [0.15, 0.2) is 6.33 Å². The molecular formula is C12H17BN2O2. The molecule has 1 N–H and O–H groups in total. The van der Waals surface area contributed by atoms with Gasteiger partial charge in [-0.2, -0.15) is 0 Å². The van der Waals surface area contributed by atoms with Crippen molar-refractivity contribution in [2.45, 2.75) is 43.8 Å². The van der Waals surface area contributed by atoms with Crippen molar-refractivity contribution in [2.75, 3.05) is 7.11 Å². The van der Waals surface area contributed by atoms with Gasteiger partial charge in [0.2, 0.25) is 5.88 Å². The van der Waals surface area contributed by atoms with E-state index in [1.807, 2.05) is 0 Å². The molecule has 3 rings (SSSR count). The minimum Gasteiger partial charge on any atom is -0.481 e. The maximum absolute atomic E-state index is 10.4. The Morgan fingerprint density at radius 1 is 1.29 bits per heavy atom. The smallest absolute Gasteiger partial charge is 0.334 e. The lowest BCUT2D eigenvalue weighted by molar-refractivity contribution is 0.395. The van der Waals surface area contributed by atoms with E-state index in [2.05, 4.69) is 9.97 Å². The van der Waals surface area contributed by atoms with Crippen LogP contribution in [0.4, 0.5) is 0 Å². The molecule has 0 saturated heterocycles. The zero-order valence-corrected chi connectivity index (χ0v) is 10.1. The van der Waals surface area contributed by atoms with E-state index in [1.54, 1.807) is 13.4 Å². The van der Waals surface area contributed by atoms with E-state index < -0.39 is 6.92 Å². The van der Waals surface area contributed by atoms with Gasteiger partial charge in [0.1, 0.15) is 6.33 Å². The van der Waals surface area contributed by atoms with Crippen LogP contribution in [0.5, 0.6) is 5.88 Å². The lowest BCUT2D eigenvalue weighted by Crippen LogP contribution is -2.42. The third-order valence-corrected chi connectivity index (χ3v) is 3.93. The van der Waals surface area contributed by atoms with E-state index >= 15 is 0 Å². The predicted octanol–water partition coefficient (Wildman–Crippen LogP) is 1.11. The Kier molecular flexibility index (Phi) is 2.78. The Bertz CT molecular complexity index is 419. The third kappa shape index (κ3) is 1.93. The van der Waals surface area contributed by atoms with Gasteiger partial charge in [-0.05, 0) is 18.7 Å². The van der Waals surface area contributed by atoms with E-state index in [4.69, 9.17) is 4.74 Å². The molecule has 2 aliphatic rings. The third-order valence-electron chi connectivity index (χ3n) is 3.93. The first kappa shape index (κ1) is 11.0. The molecule has 0 aliphatic heterocycles. The molecule has 4 nitrogen and oxygen atoms in total. The second-order valence-corrected chi connectivity index (χ2v) is 5.09. The van der Waals surface area contributed by atoms with Crippen molar-refractivity contribution in [2.24, 2.45) is 0 Å². The van der Waals surface area contributed by atoms with E-state index in [-0.39, 0.29) is 0 Å². The second-order valence-electron chi connectivity index (χ2n) is 5.09. The highest BCUT2D eigenvalue weighted by Crippen LogP contribution is 2.41. The Labute approximate surface area is 102 Å². The number of methoxy groups -OCH3 is 1. The maximum atomic E-state index is 10.4. The molecule has 0 atom stereocenters. The van der Waals surface area contributed by atoms with Gasteiger partial charge in [0.05, 0.1) is 7.11 Å². The summed E-state index contributed by atoms with van der Waals surface area (Å²) in [5.74, 6) is 1.44. The molecule has 0 unspecified atom stereocenters. The average Bonchev–Trinajstić information content (AvgIpc) is 3.09. The van der Waals surface area contributed by atoms with E-state index in [0.717, 1.165) is 24.0 Å². The molecule has 2 fully saturated rings. The molecule has 0 spiro atoms. The van der Waals surface area contributed by atoms with Crippen molar-refractivity contribution in [1.29, 1.82) is 0 Å². The highest BCUT2D eigenvalue weighted by atomic mass is 16.5. The van der Waals surface area contributed by atoms with Crippen LogP contribution in [0.3, 0.4) is 0 Å². The van der Waals surface area contributed by atoms with E-state index in [9.17, 15) is 5.02 Å². The molecule has 1 aromatic rings. The topological polar surface area (TPSA) is 55.2 Å². The number of hydrogen-bond donors (Lipinski definition) is 1. The Morgan fingerprint density at radius 2 is 2.06 bits per heavy atom. The first-order valence-corrected chi connectivity index (χ1v) is 6.38. The molecule has 5 heteroatoms. The molecule has 1 heterocycles. The molecule has 0 radical (unpaired) electrons. The molecule has 2 saturated carbocycles. The molecule has 17 heavy (non-hydrogen) atoms. The molecule has 90 valence electrons. The summed E-state index contributed by atoms with van der Waals surface area (Å²) < 4.78 is 5.29. The van der Waals surface area contributed by atoms with Crippen LogP contribution in [0, 0.1) is 0 Å². The predicted molar refractivity (Wildman–Crippen MR) is 65.8 cm³/mol. The zero-order chi connectivity index (χ0) is 11.8. The van der Waals surface area contributed by atoms with Crippen LogP contribution in [-0.4, -0.2) is 29.0 Å². The molecule has 1 aromatic heterocycles. The average molecular weight is 232 g/mol. The minimum absolute atomic E-state index is 0.368. The second kappa shape index (κ2) is 4.29. The Hall–Kier alpha value is -1.10. The fourth-order valence-corrected chi connectivity index (χ4v) is 2.51. The summed E-state index contributed by atoms with van der Waals surface area (Å²) in [5.41, 5.74) is 1.86. The molecule has 0 amide bonds. The number of nitrogens with zero attached hydrogens (tertiary/aromatic N) is 2. The largest absolute Gasteiger partial charge is 0.481 e. The minimum atomic E-state index is -0.449. The number of rotatable bonds is 4. The van der Waals surface area contributed by atoms with Crippen molar-refractivity contribution in [3.05, 3.63) is 12.0 Å². The first-order chi connectivity index (χ1) is 8.31. The van der Waals surface area contributed by atoms with Crippen LogP contribution >= 0.6 is 0 Å². The zero-order valence-electron chi connectivity index (χ0n) is 10.1. The molecule has 0 bridgehead atoms. The number of ether oxygens (including phenoxy) is 1.